The lowest BCUT2D eigenvalue weighted by Crippen LogP contribution is -2.41. The van der Waals surface area contributed by atoms with Crippen LogP contribution in [0.4, 0.5) is 0 Å². The molecule has 1 aliphatic rings. The van der Waals surface area contributed by atoms with Crippen LogP contribution in [-0.2, 0) is 30.9 Å². The third-order valence-electron chi connectivity index (χ3n) is 5.24. The molecule has 0 aliphatic carbocycles. The molecule has 1 aromatic heterocycles. The Bertz CT molecular complexity index is 1020. The minimum Gasteiger partial charge on any atom is -0.465 e. The summed E-state index contributed by atoms with van der Waals surface area (Å²) in [4.78, 5) is 24.3. The summed E-state index contributed by atoms with van der Waals surface area (Å²) in [6.07, 6.45) is 0.667. The van der Waals surface area contributed by atoms with Gasteiger partial charge in [-0.05, 0) is 38.8 Å². The van der Waals surface area contributed by atoms with Gasteiger partial charge in [0.1, 0.15) is 12.4 Å². The van der Waals surface area contributed by atoms with E-state index in [-0.39, 0.29) is 36.1 Å². The molecule has 9 nitrogen and oxygen atoms in total. The molecule has 1 fully saturated rings. The first-order valence-electron chi connectivity index (χ1n) is 9.51. The zero-order valence-electron chi connectivity index (χ0n) is 17.1. The van der Waals surface area contributed by atoms with Gasteiger partial charge in [0.2, 0.25) is 10.0 Å². The number of rotatable bonds is 6. The van der Waals surface area contributed by atoms with Gasteiger partial charge in [0.25, 0.3) is 0 Å². The van der Waals surface area contributed by atoms with Crippen molar-refractivity contribution in [2.45, 2.75) is 38.2 Å². The lowest BCUT2D eigenvalue weighted by atomic mass is 9.98. The van der Waals surface area contributed by atoms with Crippen molar-refractivity contribution in [2.24, 2.45) is 5.92 Å². The SMILES string of the molecule is COC(=O)c1ccccc1S(=O)(=O)N1CCC(C(=O)OCc2c(C)noc2C)CC1. The normalized spacial score (nSPS) is 15.7. The van der Waals surface area contributed by atoms with Crippen LogP contribution in [0, 0.1) is 19.8 Å². The molecular formula is C20H24N2O7S. The maximum Gasteiger partial charge on any atom is 0.339 e. The molecule has 0 unspecified atom stereocenters. The minimum absolute atomic E-state index is 0.0130. The Kier molecular flexibility index (Phi) is 6.57. The number of hydrogen-bond donors (Lipinski definition) is 0. The maximum atomic E-state index is 13.0. The van der Waals surface area contributed by atoms with Crippen LogP contribution in [0.5, 0.6) is 0 Å². The molecule has 0 amide bonds. The third kappa shape index (κ3) is 4.39. The van der Waals surface area contributed by atoms with E-state index in [9.17, 15) is 18.0 Å². The number of methoxy groups -OCH3 is 1. The summed E-state index contributed by atoms with van der Waals surface area (Å²) in [5.74, 6) is -0.882. The molecule has 1 saturated heterocycles. The summed E-state index contributed by atoms with van der Waals surface area (Å²) in [6, 6.07) is 5.92. The largest absolute Gasteiger partial charge is 0.465 e. The number of esters is 2. The van der Waals surface area contributed by atoms with E-state index in [1.807, 2.05) is 0 Å². The number of aryl methyl sites for hydroxylation is 2. The van der Waals surface area contributed by atoms with Gasteiger partial charge in [-0.25, -0.2) is 13.2 Å². The second-order valence-electron chi connectivity index (χ2n) is 7.08. The van der Waals surface area contributed by atoms with Gasteiger partial charge < -0.3 is 14.0 Å². The molecule has 2 aromatic rings. The first-order chi connectivity index (χ1) is 14.3. The fourth-order valence-electron chi connectivity index (χ4n) is 3.41. The second kappa shape index (κ2) is 8.97. The molecule has 0 spiro atoms. The van der Waals surface area contributed by atoms with E-state index in [4.69, 9.17) is 9.26 Å². The van der Waals surface area contributed by atoms with Crippen LogP contribution in [0.15, 0.2) is 33.7 Å². The number of aromatic nitrogens is 1. The predicted octanol–water partition coefficient (Wildman–Crippen LogP) is 2.22. The van der Waals surface area contributed by atoms with Gasteiger partial charge in [-0.3, -0.25) is 4.79 Å². The van der Waals surface area contributed by atoms with E-state index in [2.05, 4.69) is 9.89 Å². The summed E-state index contributed by atoms with van der Waals surface area (Å²) in [6.45, 7) is 3.91. The van der Waals surface area contributed by atoms with Crippen LogP contribution < -0.4 is 0 Å². The van der Waals surface area contributed by atoms with E-state index < -0.39 is 21.9 Å². The lowest BCUT2D eigenvalue weighted by molar-refractivity contribution is -0.151. The number of nitrogens with zero attached hydrogens (tertiary/aromatic N) is 2. The highest BCUT2D eigenvalue weighted by molar-refractivity contribution is 7.89. The Morgan fingerprint density at radius 2 is 1.87 bits per heavy atom. The van der Waals surface area contributed by atoms with E-state index in [1.165, 1.54) is 23.5 Å². The van der Waals surface area contributed by atoms with Crippen molar-refractivity contribution >= 4 is 22.0 Å². The molecule has 162 valence electrons. The fourth-order valence-corrected chi connectivity index (χ4v) is 5.06. The van der Waals surface area contributed by atoms with Crippen molar-refractivity contribution in [1.29, 1.82) is 0 Å². The van der Waals surface area contributed by atoms with Crippen LogP contribution >= 0.6 is 0 Å². The van der Waals surface area contributed by atoms with Crippen LogP contribution in [0.25, 0.3) is 0 Å². The van der Waals surface area contributed by atoms with Crippen molar-refractivity contribution in [3.8, 4) is 0 Å². The zero-order valence-corrected chi connectivity index (χ0v) is 17.9. The lowest BCUT2D eigenvalue weighted by Gasteiger charge is -2.30. The highest BCUT2D eigenvalue weighted by atomic mass is 32.2. The molecule has 1 aliphatic heterocycles. The Labute approximate surface area is 175 Å². The highest BCUT2D eigenvalue weighted by Gasteiger charge is 2.35. The van der Waals surface area contributed by atoms with E-state index in [0.717, 1.165) is 5.56 Å². The summed E-state index contributed by atoms with van der Waals surface area (Å²) in [7, 11) is -2.70. The Morgan fingerprint density at radius 3 is 2.47 bits per heavy atom. The van der Waals surface area contributed by atoms with Crippen molar-refractivity contribution < 1.29 is 32.0 Å². The molecule has 0 N–H and O–H groups in total. The molecule has 0 atom stereocenters. The third-order valence-corrected chi connectivity index (χ3v) is 7.19. The van der Waals surface area contributed by atoms with Gasteiger partial charge in [0.15, 0.2) is 0 Å². The quantitative estimate of drug-likeness (QED) is 0.633. The van der Waals surface area contributed by atoms with Crippen molar-refractivity contribution in [3.05, 3.63) is 46.8 Å². The number of carbonyl (C=O) groups is 2. The molecule has 10 heteroatoms. The van der Waals surface area contributed by atoms with Gasteiger partial charge in [-0.2, -0.15) is 4.31 Å². The highest BCUT2D eigenvalue weighted by Crippen LogP contribution is 2.27. The van der Waals surface area contributed by atoms with Gasteiger partial charge in [0.05, 0.1) is 34.7 Å². The predicted molar refractivity (Wildman–Crippen MR) is 105 cm³/mol. The molecule has 3 rings (SSSR count). The summed E-state index contributed by atoms with van der Waals surface area (Å²) < 4.78 is 42.5. The van der Waals surface area contributed by atoms with Crippen LogP contribution in [0.3, 0.4) is 0 Å². The van der Waals surface area contributed by atoms with Gasteiger partial charge in [0, 0.05) is 13.1 Å². The van der Waals surface area contributed by atoms with Gasteiger partial charge in [-0.1, -0.05) is 17.3 Å². The van der Waals surface area contributed by atoms with Crippen molar-refractivity contribution in [1.82, 2.24) is 9.46 Å². The molecule has 0 radical (unpaired) electrons. The summed E-state index contributed by atoms with van der Waals surface area (Å²) >= 11 is 0. The molecule has 0 bridgehead atoms. The van der Waals surface area contributed by atoms with Gasteiger partial charge in [-0.15, -0.1) is 0 Å². The Morgan fingerprint density at radius 1 is 1.20 bits per heavy atom. The Balaban J connectivity index is 1.64. The molecule has 0 saturated carbocycles. The Hall–Kier alpha value is -2.72. The average Bonchev–Trinajstić information content (AvgIpc) is 3.08. The monoisotopic (exact) mass is 436 g/mol. The zero-order chi connectivity index (χ0) is 21.9. The minimum atomic E-state index is -3.90. The van der Waals surface area contributed by atoms with Crippen LogP contribution in [0.1, 0.15) is 40.2 Å². The van der Waals surface area contributed by atoms with E-state index in [0.29, 0.717) is 24.3 Å². The van der Waals surface area contributed by atoms with Crippen LogP contribution in [0.2, 0.25) is 0 Å². The standard InChI is InChI=1S/C20H24N2O7S/c1-13-17(14(2)29-21-13)12-28-19(23)15-8-10-22(11-9-15)30(25,26)18-7-5-4-6-16(18)20(24)27-3/h4-7,15H,8-12H2,1-3H3. The molecule has 1 aromatic carbocycles. The van der Waals surface area contributed by atoms with E-state index in [1.54, 1.807) is 26.0 Å². The van der Waals surface area contributed by atoms with Crippen LogP contribution in [-0.4, -0.2) is 50.0 Å². The first-order valence-corrected chi connectivity index (χ1v) is 11.0. The smallest absolute Gasteiger partial charge is 0.339 e. The van der Waals surface area contributed by atoms with Crippen molar-refractivity contribution in [3.63, 3.8) is 0 Å². The molecule has 30 heavy (non-hydrogen) atoms. The van der Waals surface area contributed by atoms with E-state index >= 15 is 0 Å². The summed E-state index contributed by atoms with van der Waals surface area (Å²) in [5, 5.41) is 3.83. The average molecular weight is 436 g/mol. The number of carbonyl (C=O) groups excluding carboxylic acids is 2. The second-order valence-corrected chi connectivity index (χ2v) is 8.98. The number of ether oxygens (including phenoxy) is 2. The first kappa shape index (κ1) is 22.0. The number of benzene rings is 1. The number of hydrogen-bond acceptors (Lipinski definition) is 8. The molecular weight excluding hydrogens is 412 g/mol. The number of sulfonamides is 1. The van der Waals surface area contributed by atoms with Gasteiger partial charge >= 0.3 is 11.9 Å². The topological polar surface area (TPSA) is 116 Å². The number of piperidine rings is 1. The fraction of sp³-hybridized carbons (Fsp3) is 0.450. The summed E-state index contributed by atoms with van der Waals surface area (Å²) in [5.41, 5.74) is 1.40. The van der Waals surface area contributed by atoms with Crippen molar-refractivity contribution in [2.75, 3.05) is 20.2 Å². The molecule has 2 heterocycles. The maximum absolute atomic E-state index is 13.0.